The molecule has 0 saturated heterocycles. The van der Waals surface area contributed by atoms with E-state index in [4.69, 9.17) is 21.1 Å². The first-order valence-electron chi connectivity index (χ1n) is 7.91. The third-order valence-corrected chi connectivity index (χ3v) is 4.38. The molecule has 1 heterocycles. The number of hydrogen-bond acceptors (Lipinski definition) is 4. The summed E-state index contributed by atoms with van der Waals surface area (Å²) in [6.45, 7) is 0.634. The van der Waals surface area contributed by atoms with Gasteiger partial charge in [-0.1, -0.05) is 45.7 Å². The first kappa shape index (κ1) is 18.5. The lowest BCUT2D eigenvalue weighted by Crippen LogP contribution is -2.29. The summed E-state index contributed by atoms with van der Waals surface area (Å²) >= 11 is 9.47. The minimum atomic E-state index is -0.503. The van der Waals surface area contributed by atoms with Crippen molar-refractivity contribution in [3.63, 3.8) is 0 Å². The van der Waals surface area contributed by atoms with Crippen LogP contribution < -0.4 is 4.74 Å². The zero-order valence-corrected chi connectivity index (χ0v) is 16.1. The van der Waals surface area contributed by atoms with E-state index in [1.807, 2.05) is 34.9 Å². The molecule has 134 valence electrons. The van der Waals surface area contributed by atoms with Gasteiger partial charge in [0.15, 0.2) is 6.10 Å². The normalized spacial score (nSPS) is 11.8. The second-order valence-corrected chi connectivity index (χ2v) is 6.86. The highest BCUT2D eigenvalue weighted by Crippen LogP contribution is 2.22. The van der Waals surface area contributed by atoms with Crippen molar-refractivity contribution < 1.29 is 14.3 Å². The highest BCUT2D eigenvalue weighted by atomic mass is 79.9. The van der Waals surface area contributed by atoms with E-state index in [1.54, 1.807) is 36.9 Å². The molecule has 0 aliphatic carbocycles. The average molecular weight is 436 g/mol. The predicted octanol–water partition coefficient (Wildman–Crippen LogP) is 4.60. The van der Waals surface area contributed by atoms with Gasteiger partial charge in [0.2, 0.25) is 0 Å². The van der Waals surface area contributed by atoms with Crippen molar-refractivity contribution in [3.8, 4) is 5.75 Å². The molecule has 0 radical (unpaired) electrons. The van der Waals surface area contributed by atoms with Crippen LogP contribution in [0.25, 0.3) is 0 Å². The molecular weight excluding hydrogens is 420 g/mol. The monoisotopic (exact) mass is 434 g/mol. The fourth-order valence-corrected chi connectivity index (χ4v) is 3.08. The summed E-state index contributed by atoms with van der Waals surface area (Å²) in [6, 6.07) is 14.4. The minimum Gasteiger partial charge on any atom is -0.490 e. The molecule has 0 unspecified atom stereocenters. The van der Waals surface area contributed by atoms with Gasteiger partial charge in [0.1, 0.15) is 12.4 Å². The van der Waals surface area contributed by atoms with Crippen LogP contribution in [0, 0.1) is 0 Å². The van der Waals surface area contributed by atoms with Crippen molar-refractivity contribution >= 4 is 33.5 Å². The summed E-state index contributed by atoms with van der Waals surface area (Å²) in [5.41, 5.74) is 0.310. The number of nitrogens with zero attached hydrogens (tertiary/aromatic N) is 2. The van der Waals surface area contributed by atoms with Gasteiger partial charge in [0.05, 0.1) is 23.5 Å². The number of hydrogen-bond donors (Lipinski definition) is 0. The topological polar surface area (TPSA) is 53.4 Å². The van der Waals surface area contributed by atoms with Crippen molar-refractivity contribution in [2.45, 2.75) is 12.6 Å². The molecule has 3 aromatic rings. The van der Waals surface area contributed by atoms with Gasteiger partial charge in [-0.25, -0.2) is 9.78 Å². The molecule has 5 nitrogen and oxygen atoms in total. The van der Waals surface area contributed by atoms with Crippen LogP contribution >= 0.6 is 27.5 Å². The van der Waals surface area contributed by atoms with Gasteiger partial charge in [0, 0.05) is 16.9 Å². The first-order valence-corrected chi connectivity index (χ1v) is 9.08. The van der Waals surface area contributed by atoms with Crippen molar-refractivity contribution in [1.29, 1.82) is 0 Å². The second-order valence-electron chi connectivity index (χ2n) is 5.54. The highest BCUT2D eigenvalue weighted by Gasteiger charge is 2.20. The van der Waals surface area contributed by atoms with Gasteiger partial charge < -0.3 is 14.0 Å². The summed E-state index contributed by atoms with van der Waals surface area (Å²) < 4.78 is 14.0. The smallest absolute Gasteiger partial charge is 0.340 e. The Bertz CT molecular complexity index is 856. The lowest BCUT2D eigenvalue weighted by molar-refractivity contribution is 0.0125. The maximum absolute atomic E-state index is 12.5. The molecule has 2 aromatic carbocycles. The molecular formula is C19H16BrClN2O3. The molecule has 0 N–H and O–H groups in total. The van der Waals surface area contributed by atoms with E-state index < -0.39 is 12.1 Å². The quantitative estimate of drug-likeness (QED) is 0.509. The number of para-hydroxylation sites is 1. The highest BCUT2D eigenvalue weighted by molar-refractivity contribution is 9.10. The van der Waals surface area contributed by atoms with E-state index in [-0.39, 0.29) is 6.61 Å². The van der Waals surface area contributed by atoms with Gasteiger partial charge in [-0.05, 0) is 30.3 Å². The fourth-order valence-electron chi connectivity index (χ4n) is 2.33. The van der Waals surface area contributed by atoms with Crippen LogP contribution in [0.2, 0.25) is 5.02 Å². The third kappa shape index (κ3) is 5.09. The van der Waals surface area contributed by atoms with Crippen molar-refractivity contribution in [2.75, 3.05) is 6.61 Å². The number of ether oxygens (including phenoxy) is 2. The molecule has 0 aliphatic rings. The Morgan fingerprint density at radius 2 is 2.04 bits per heavy atom. The van der Waals surface area contributed by atoms with E-state index in [0.29, 0.717) is 22.9 Å². The Morgan fingerprint density at radius 1 is 1.23 bits per heavy atom. The second kappa shape index (κ2) is 8.87. The molecule has 0 fully saturated rings. The fraction of sp³-hybridized carbons (Fsp3) is 0.158. The SMILES string of the molecule is O=C(O[C@@H](COc1ccccc1)Cn1ccnc1)c1ccc(Br)cc1Cl. The van der Waals surface area contributed by atoms with Crippen LogP contribution in [0.3, 0.4) is 0 Å². The number of carbonyl (C=O) groups excluding carboxylic acids is 1. The van der Waals surface area contributed by atoms with Crippen molar-refractivity contribution in [1.82, 2.24) is 9.55 Å². The lowest BCUT2D eigenvalue weighted by atomic mass is 10.2. The van der Waals surface area contributed by atoms with E-state index in [9.17, 15) is 4.79 Å². The van der Waals surface area contributed by atoms with Crippen LogP contribution in [0.5, 0.6) is 5.75 Å². The largest absolute Gasteiger partial charge is 0.490 e. The Morgan fingerprint density at radius 3 is 2.73 bits per heavy atom. The van der Waals surface area contributed by atoms with E-state index >= 15 is 0 Å². The third-order valence-electron chi connectivity index (χ3n) is 3.58. The number of halogens is 2. The average Bonchev–Trinajstić information content (AvgIpc) is 3.13. The summed E-state index contributed by atoms with van der Waals surface area (Å²) in [5, 5.41) is 0.328. The van der Waals surface area contributed by atoms with Crippen LogP contribution in [-0.2, 0) is 11.3 Å². The van der Waals surface area contributed by atoms with Crippen LogP contribution in [0.4, 0.5) is 0 Å². The van der Waals surface area contributed by atoms with Crippen LogP contribution in [0.1, 0.15) is 10.4 Å². The number of rotatable bonds is 7. The zero-order chi connectivity index (χ0) is 18.4. The zero-order valence-electron chi connectivity index (χ0n) is 13.7. The molecule has 0 saturated carbocycles. The lowest BCUT2D eigenvalue weighted by Gasteiger charge is -2.19. The van der Waals surface area contributed by atoms with Gasteiger partial charge in [-0.2, -0.15) is 0 Å². The van der Waals surface area contributed by atoms with E-state index in [0.717, 1.165) is 4.47 Å². The molecule has 0 aliphatic heterocycles. The standard InChI is InChI=1S/C19H16BrClN2O3/c20-14-6-7-17(18(21)10-14)19(24)26-16(11-23-9-8-22-13-23)12-25-15-4-2-1-3-5-15/h1-10,13,16H,11-12H2/t16-/m1/s1. The summed E-state index contributed by atoms with van der Waals surface area (Å²) in [4.78, 5) is 16.5. The minimum absolute atomic E-state index is 0.210. The van der Waals surface area contributed by atoms with Gasteiger partial charge in [0.25, 0.3) is 0 Å². The van der Waals surface area contributed by atoms with E-state index in [1.165, 1.54) is 0 Å². The summed E-state index contributed by atoms with van der Waals surface area (Å²) in [5.74, 6) is 0.213. The predicted molar refractivity (Wildman–Crippen MR) is 103 cm³/mol. The van der Waals surface area contributed by atoms with Crippen LogP contribution in [0.15, 0.2) is 71.7 Å². The van der Waals surface area contributed by atoms with Gasteiger partial charge in [-0.3, -0.25) is 0 Å². The maximum atomic E-state index is 12.5. The molecule has 7 heteroatoms. The molecule has 1 atom stereocenters. The maximum Gasteiger partial charge on any atom is 0.340 e. The Kier molecular flexibility index (Phi) is 6.30. The van der Waals surface area contributed by atoms with E-state index in [2.05, 4.69) is 20.9 Å². The molecule has 1 aromatic heterocycles. The molecule has 0 amide bonds. The Balaban J connectivity index is 1.70. The summed E-state index contributed by atoms with van der Waals surface area (Å²) in [6.07, 6.45) is 4.63. The number of carbonyl (C=O) groups is 1. The number of imidazole rings is 1. The Labute approximate surface area is 164 Å². The molecule has 0 spiro atoms. The molecule has 0 bridgehead atoms. The van der Waals surface area contributed by atoms with Crippen molar-refractivity contribution in [2.24, 2.45) is 0 Å². The number of benzene rings is 2. The Hall–Kier alpha value is -2.31. The van der Waals surface area contributed by atoms with Crippen molar-refractivity contribution in [3.05, 3.63) is 82.3 Å². The van der Waals surface area contributed by atoms with Gasteiger partial charge in [-0.15, -0.1) is 0 Å². The first-order chi connectivity index (χ1) is 12.6. The number of esters is 1. The molecule has 26 heavy (non-hydrogen) atoms. The molecule has 3 rings (SSSR count). The summed E-state index contributed by atoms with van der Waals surface area (Å²) in [7, 11) is 0. The van der Waals surface area contributed by atoms with Crippen LogP contribution in [-0.4, -0.2) is 28.2 Å². The number of aromatic nitrogens is 2. The van der Waals surface area contributed by atoms with Gasteiger partial charge >= 0.3 is 5.97 Å².